The second-order valence-electron chi connectivity index (χ2n) is 4.59. The number of rotatable bonds is 3. The van der Waals surface area contributed by atoms with Gasteiger partial charge in [-0.2, -0.15) is 11.8 Å². The van der Waals surface area contributed by atoms with Gasteiger partial charge in [-0.05, 0) is 37.0 Å². The molecule has 0 aromatic carbocycles. The van der Waals surface area contributed by atoms with E-state index in [1.807, 2.05) is 0 Å². The Kier molecular flexibility index (Phi) is 4.14. The van der Waals surface area contributed by atoms with Crippen molar-refractivity contribution in [3.63, 3.8) is 0 Å². The normalized spacial score (nSPS) is 34.9. The zero-order valence-corrected chi connectivity index (χ0v) is 9.81. The van der Waals surface area contributed by atoms with E-state index in [4.69, 9.17) is 4.74 Å². The highest BCUT2D eigenvalue weighted by atomic mass is 32.2. The molecular formula is C11H21NOS. The lowest BCUT2D eigenvalue weighted by atomic mass is 9.99. The molecule has 82 valence electrons. The monoisotopic (exact) mass is 215 g/mol. The number of hydrogen-bond acceptors (Lipinski definition) is 3. The van der Waals surface area contributed by atoms with Crippen LogP contribution in [0.2, 0.25) is 0 Å². The van der Waals surface area contributed by atoms with Gasteiger partial charge in [-0.15, -0.1) is 0 Å². The van der Waals surface area contributed by atoms with Crippen LogP contribution >= 0.6 is 11.8 Å². The van der Waals surface area contributed by atoms with Gasteiger partial charge in [0, 0.05) is 25.0 Å². The molecule has 0 aromatic heterocycles. The Morgan fingerprint density at radius 2 is 2.07 bits per heavy atom. The van der Waals surface area contributed by atoms with Crippen molar-refractivity contribution in [2.75, 3.05) is 31.3 Å². The summed E-state index contributed by atoms with van der Waals surface area (Å²) in [6.07, 6.45) is 2.50. The van der Waals surface area contributed by atoms with Crippen molar-refractivity contribution >= 4 is 11.8 Å². The van der Waals surface area contributed by atoms with Gasteiger partial charge in [0.05, 0.1) is 0 Å². The van der Waals surface area contributed by atoms with Crippen LogP contribution in [0.15, 0.2) is 0 Å². The maximum absolute atomic E-state index is 5.36. The summed E-state index contributed by atoms with van der Waals surface area (Å²) in [5, 5.41) is 3.72. The molecule has 1 N–H and O–H groups in total. The van der Waals surface area contributed by atoms with Gasteiger partial charge in [0.2, 0.25) is 0 Å². The second kappa shape index (κ2) is 5.38. The summed E-state index contributed by atoms with van der Waals surface area (Å²) in [6.45, 7) is 5.52. The molecule has 2 saturated heterocycles. The minimum Gasteiger partial charge on any atom is -0.381 e. The van der Waals surface area contributed by atoms with E-state index in [2.05, 4.69) is 24.0 Å². The maximum Gasteiger partial charge on any atom is 0.0469 e. The first-order valence-electron chi connectivity index (χ1n) is 5.75. The molecule has 2 aliphatic rings. The molecule has 0 amide bonds. The average Bonchev–Trinajstić information content (AvgIpc) is 2.63. The summed E-state index contributed by atoms with van der Waals surface area (Å²) in [5.74, 6) is 4.37. The van der Waals surface area contributed by atoms with Crippen LogP contribution in [-0.2, 0) is 4.74 Å². The number of thioether (sulfide) groups is 1. The predicted octanol–water partition coefficient (Wildman–Crippen LogP) is 1.75. The van der Waals surface area contributed by atoms with Crippen molar-refractivity contribution in [2.45, 2.75) is 25.8 Å². The first-order chi connectivity index (χ1) is 6.86. The number of hydrogen-bond donors (Lipinski definition) is 1. The third kappa shape index (κ3) is 2.88. The van der Waals surface area contributed by atoms with Gasteiger partial charge in [-0.1, -0.05) is 6.92 Å². The van der Waals surface area contributed by atoms with Gasteiger partial charge < -0.3 is 10.1 Å². The van der Waals surface area contributed by atoms with E-state index in [9.17, 15) is 0 Å². The Hall–Kier alpha value is 0.270. The molecule has 0 bridgehead atoms. The van der Waals surface area contributed by atoms with Crippen molar-refractivity contribution in [3.8, 4) is 0 Å². The van der Waals surface area contributed by atoms with E-state index in [0.29, 0.717) is 0 Å². The van der Waals surface area contributed by atoms with E-state index < -0.39 is 0 Å². The van der Waals surface area contributed by atoms with Crippen LogP contribution in [0.1, 0.15) is 19.8 Å². The molecule has 2 aliphatic heterocycles. The summed E-state index contributed by atoms with van der Waals surface area (Å²) in [7, 11) is 0. The van der Waals surface area contributed by atoms with E-state index >= 15 is 0 Å². The predicted molar refractivity (Wildman–Crippen MR) is 61.8 cm³/mol. The smallest absolute Gasteiger partial charge is 0.0469 e. The third-order valence-corrected chi connectivity index (χ3v) is 4.73. The van der Waals surface area contributed by atoms with Crippen molar-refractivity contribution in [1.82, 2.24) is 5.32 Å². The molecule has 0 spiro atoms. The van der Waals surface area contributed by atoms with Crippen LogP contribution in [0, 0.1) is 11.8 Å². The SMILES string of the molecule is CC1CSCC1NCC1CCOCC1. The van der Waals surface area contributed by atoms with Gasteiger partial charge in [-0.3, -0.25) is 0 Å². The van der Waals surface area contributed by atoms with Gasteiger partial charge in [0.15, 0.2) is 0 Å². The summed E-state index contributed by atoms with van der Waals surface area (Å²) >= 11 is 2.09. The summed E-state index contributed by atoms with van der Waals surface area (Å²) in [5.41, 5.74) is 0. The topological polar surface area (TPSA) is 21.3 Å². The molecule has 2 nitrogen and oxygen atoms in total. The molecule has 14 heavy (non-hydrogen) atoms. The molecule has 0 radical (unpaired) electrons. The lowest BCUT2D eigenvalue weighted by Crippen LogP contribution is -2.38. The zero-order chi connectivity index (χ0) is 9.80. The Bertz CT molecular complexity index is 171. The zero-order valence-electron chi connectivity index (χ0n) is 9.00. The fourth-order valence-corrected chi connectivity index (χ4v) is 3.63. The third-order valence-electron chi connectivity index (χ3n) is 3.37. The van der Waals surface area contributed by atoms with Crippen molar-refractivity contribution < 1.29 is 4.74 Å². The van der Waals surface area contributed by atoms with Gasteiger partial charge in [-0.25, -0.2) is 0 Å². The molecular weight excluding hydrogens is 194 g/mol. The first-order valence-corrected chi connectivity index (χ1v) is 6.90. The van der Waals surface area contributed by atoms with Crippen LogP contribution in [0.5, 0.6) is 0 Å². The van der Waals surface area contributed by atoms with Crippen LogP contribution in [-0.4, -0.2) is 37.3 Å². The first kappa shape index (κ1) is 10.8. The van der Waals surface area contributed by atoms with Crippen molar-refractivity contribution in [1.29, 1.82) is 0 Å². The fourth-order valence-electron chi connectivity index (χ4n) is 2.19. The summed E-state index contributed by atoms with van der Waals surface area (Å²) < 4.78 is 5.36. The quantitative estimate of drug-likeness (QED) is 0.775. The van der Waals surface area contributed by atoms with Gasteiger partial charge in [0.1, 0.15) is 0 Å². The Morgan fingerprint density at radius 3 is 2.71 bits per heavy atom. The molecule has 3 heteroatoms. The molecule has 2 fully saturated rings. The lowest BCUT2D eigenvalue weighted by molar-refractivity contribution is 0.0653. The van der Waals surface area contributed by atoms with E-state index in [-0.39, 0.29) is 0 Å². The molecule has 0 saturated carbocycles. The van der Waals surface area contributed by atoms with E-state index in [1.54, 1.807) is 0 Å². The minimum atomic E-state index is 0.767. The van der Waals surface area contributed by atoms with Gasteiger partial charge >= 0.3 is 0 Å². The lowest BCUT2D eigenvalue weighted by Gasteiger charge is -2.25. The highest BCUT2D eigenvalue weighted by Gasteiger charge is 2.24. The number of ether oxygens (including phenoxy) is 1. The molecule has 2 heterocycles. The van der Waals surface area contributed by atoms with Crippen molar-refractivity contribution in [2.24, 2.45) is 11.8 Å². The second-order valence-corrected chi connectivity index (χ2v) is 5.66. The molecule has 2 atom stereocenters. The van der Waals surface area contributed by atoms with Crippen LogP contribution in [0.3, 0.4) is 0 Å². The summed E-state index contributed by atoms with van der Waals surface area (Å²) in [4.78, 5) is 0. The molecule has 0 aliphatic carbocycles. The van der Waals surface area contributed by atoms with Crippen LogP contribution in [0.25, 0.3) is 0 Å². The Balaban J connectivity index is 1.65. The van der Waals surface area contributed by atoms with Gasteiger partial charge in [0.25, 0.3) is 0 Å². The molecule has 2 rings (SSSR count). The van der Waals surface area contributed by atoms with E-state index in [0.717, 1.165) is 31.1 Å². The van der Waals surface area contributed by atoms with E-state index in [1.165, 1.54) is 30.9 Å². The average molecular weight is 215 g/mol. The Morgan fingerprint density at radius 1 is 1.29 bits per heavy atom. The van der Waals surface area contributed by atoms with Crippen LogP contribution < -0.4 is 5.32 Å². The Labute approximate surface area is 91.2 Å². The standard InChI is InChI=1S/C11H21NOS/c1-9-7-14-8-11(9)12-6-10-2-4-13-5-3-10/h9-12H,2-8H2,1H3. The fraction of sp³-hybridized carbons (Fsp3) is 1.00. The molecule has 2 unspecified atom stereocenters. The maximum atomic E-state index is 5.36. The molecule has 0 aromatic rings. The highest BCUT2D eigenvalue weighted by Crippen LogP contribution is 2.24. The largest absolute Gasteiger partial charge is 0.381 e. The summed E-state index contributed by atoms with van der Waals surface area (Å²) in [6, 6.07) is 0.767. The minimum absolute atomic E-state index is 0.767. The van der Waals surface area contributed by atoms with Crippen LogP contribution in [0.4, 0.5) is 0 Å². The highest BCUT2D eigenvalue weighted by molar-refractivity contribution is 7.99. The number of nitrogens with one attached hydrogen (secondary N) is 1. The van der Waals surface area contributed by atoms with Crippen molar-refractivity contribution in [3.05, 3.63) is 0 Å².